The third-order valence-electron chi connectivity index (χ3n) is 4.78. The first kappa shape index (κ1) is 15.9. The molecule has 128 valence electrons. The summed E-state index contributed by atoms with van der Waals surface area (Å²) in [5, 5.41) is 20.4. The Morgan fingerprint density at radius 2 is 2.00 bits per heavy atom. The molecule has 4 rings (SSSR count). The maximum absolute atomic E-state index is 14.4. The first-order valence-electron chi connectivity index (χ1n) is 7.55. The highest BCUT2D eigenvalue weighted by molar-refractivity contribution is 5.58. The molecule has 2 aliphatic rings. The Morgan fingerprint density at radius 3 is 2.72 bits per heavy atom. The van der Waals surface area contributed by atoms with Gasteiger partial charge in [-0.1, -0.05) is 6.07 Å². The molecule has 2 aromatic carbocycles. The molecule has 2 atom stereocenters. The van der Waals surface area contributed by atoms with E-state index in [1.54, 1.807) is 0 Å². The van der Waals surface area contributed by atoms with Gasteiger partial charge >= 0.3 is 0 Å². The molecule has 0 saturated heterocycles. The van der Waals surface area contributed by atoms with Gasteiger partial charge in [0, 0.05) is 30.0 Å². The van der Waals surface area contributed by atoms with Gasteiger partial charge in [0.1, 0.15) is 17.3 Å². The van der Waals surface area contributed by atoms with E-state index in [9.17, 15) is 23.4 Å². The fraction of sp³-hybridized carbons (Fsp3) is 0.278. The molecule has 0 spiro atoms. The first-order chi connectivity index (χ1) is 11.7. The van der Waals surface area contributed by atoms with Crippen LogP contribution in [0.15, 0.2) is 30.3 Å². The minimum absolute atomic E-state index is 0.000462. The summed E-state index contributed by atoms with van der Waals surface area (Å²) in [7, 11) is 0. The van der Waals surface area contributed by atoms with E-state index >= 15 is 0 Å². The second-order valence-electron chi connectivity index (χ2n) is 6.33. The van der Waals surface area contributed by atoms with Gasteiger partial charge in [-0.2, -0.15) is 0 Å². The van der Waals surface area contributed by atoms with Crippen LogP contribution >= 0.6 is 0 Å². The zero-order chi connectivity index (χ0) is 18.0. The van der Waals surface area contributed by atoms with Crippen LogP contribution in [-0.2, 0) is 12.0 Å². The Kier molecular flexibility index (Phi) is 3.17. The van der Waals surface area contributed by atoms with E-state index in [0.717, 1.165) is 12.1 Å². The molecule has 7 heteroatoms. The van der Waals surface area contributed by atoms with Gasteiger partial charge in [0.05, 0.1) is 12.7 Å². The van der Waals surface area contributed by atoms with Crippen molar-refractivity contribution in [3.8, 4) is 11.5 Å². The largest absolute Gasteiger partial charge is 0.458 e. The summed E-state index contributed by atoms with van der Waals surface area (Å²) in [5.74, 6) is -4.08. The first-order valence-corrected chi connectivity index (χ1v) is 7.55. The number of benzene rings is 2. The Balaban J connectivity index is 1.82. The molecule has 25 heavy (non-hydrogen) atoms. The van der Waals surface area contributed by atoms with Crippen molar-refractivity contribution in [2.45, 2.75) is 30.5 Å². The number of nitrogens with zero attached hydrogens (tertiary/aromatic N) is 1. The highest BCUT2D eigenvalue weighted by Gasteiger charge is 2.65. The third kappa shape index (κ3) is 2.15. The van der Waals surface area contributed by atoms with Crippen LogP contribution in [0.5, 0.6) is 11.5 Å². The number of hydrogen-bond acceptors (Lipinski definition) is 3. The quantitative estimate of drug-likeness (QED) is 0.808. The van der Waals surface area contributed by atoms with E-state index < -0.39 is 36.3 Å². The zero-order valence-corrected chi connectivity index (χ0v) is 12.8. The molecule has 0 radical (unpaired) electrons. The summed E-state index contributed by atoms with van der Waals surface area (Å²) in [6.07, 6.45) is -2.39. The van der Waals surface area contributed by atoms with Crippen LogP contribution in [0.3, 0.4) is 0 Å². The van der Waals surface area contributed by atoms with Gasteiger partial charge in [0.25, 0.3) is 5.92 Å². The Hall–Kier alpha value is -2.56. The van der Waals surface area contributed by atoms with Crippen LogP contribution in [0.4, 0.5) is 18.9 Å². The number of rotatable bonds is 2. The fourth-order valence-electron chi connectivity index (χ4n) is 3.67. The normalized spacial score (nSPS) is 25.5. The molecule has 0 aromatic heterocycles. The lowest BCUT2D eigenvalue weighted by molar-refractivity contribution is -0.181. The van der Waals surface area contributed by atoms with Crippen molar-refractivity contribution >= 4 is 5.69 Å². The van der Waals surface area contributed by atoms with Gasteiger partial charge in [0.2, 0.25) is 0 Å². The Bertz CT molecular complexity index is 938. The summed E-state index contributed by atoms with van der Waals surface area (Å²) >= 11 is 0. The maximum Gasteiger partial charge on any atom is 0.284 e. The number of alkyl halides is 2. The predicted octanol–water partition coefficient (Wildman–Crippen LogP) is 3.98. The molecule has 0 saturated carbocycles. The van der Waals surface area contributed by atoms with Gasteiger partial charge in [0.15, 0.2) is 11.3 Å². The van der Waals surface area contributed by atoms with Gasteiger partial charge in [-0.15, -0.1) is 0 Å². The van der Waals surface area contributed by atoms with E-state index in [2.05, 4.69) is 4.85 Å². The van der Waals surface area contributed by atoms with E-state index in [1.807, 2.05) is 0 Å². The highest BCUT2D eigenvalue weighted by Crippen LogP contribution is 2.60. The lowest BCUT2D eigenvalue weighted by Gasteiger charge is -2.26. The van der Waals surface area contributed by atoms with Gasteiger partial charge in [-0.3, -0.25) is 0 Å². The number of halogens is 3. The van der Waals surface area contributed by atoms with Crippen molar-refractivity contribution in [2.75, 3.05) is 0 Å². The van der Waals surface area contributed by atoms with Gasteiger partial charge in [-0.25, -0.2) is 18.0 Å². The van der Waals surface area contributed by atoms with Crippen molar-refractivity contribution in [3.63, 3.8) is 0 Å². The molecule has 0 fully saturated rings. The van der Waals surface area contributed by atoms with Crippen molar-refractivity contribution < 1.29 is 28.1 Å². The number of hydrogen-bond donors (Lipinski definition) is 2. The van der Waals surface area contributed by atoms with Crippen molar-refractivity contribution in [3.05, 3.63) is 64.3 Å². The maximum atomic E-state index is 14.4. The highest BCUT2D eigenvalue weighted by atomic mass is 19.3. The summed E-state index contributed by atoms with van der Waals surface area (Å²) in [5.41, 5.74) is -2.08. The van der Waals surface area contributed by atoms with Crippen molar-refractivity contribution in [1.29, 1.82) is 0 Å². The van der Waals surface area contributed by atoms with Crippen LogP contribution in [-0.4, -0.2) is 16.1 Å². The summed E-state index contributed by atoms with van der Waals surface area (Å²) < 4.78 is 47.8. The zero-order valence-electron chi connectivity index (χ0n) is 12.8. The van der Waals surface area contributed by atoms with E-state index in [0.29, 0.717) is 0 Å². The van der Waals surface area contributed by atoms with Crippen LogP contribution < -0.4 is 4.74 Å². The predicted molar refractivity (Wildman–Crippen MR) is 81.3 cm³/mol. The van der Waals surface area contributed by atoms with Gasteiger partial charge in [-0.05, 0) is 23.8 Å². The summed E-state index contributed by atoms with van der Waals surface area (Å²) in [6, 6.07) is 6.21. The molecule has 0 heterocycles. The number of ether oxygens (including phenoxy) is 1. The average Bonchev–Trinajstić information content (AvgIpc) is 2.92. The van der Waals surface area contributed by atoms with Crippen LogP contribution in [0.1, 0.15) is 29.2 Å². The smallest absolute Gasteiger partial charge is 0.284 e. The molecular formula is C18H12F3NO3. The second-order valence-corrected chi connectivity index (χ2v) is 6.33. The second kappa shape index (κ2) is 4.97. The lowest BCUT2D eigenvalue weighted by atomic mass is 9.95. The monoisotopic (exact) mass is 347 g/mol. The van der Waals surface area contributed by atoms with Crippen molar-refractivity contribution in [1.82, 2.24) is 0 Å². The minimum atomic E-state index is -3.44. The summed E-state index contributed by atoms with van der Waals surface area (Å²) in [6.45, 7) is 6.94. The Labute approximate surface area is 140 Å². The molecule has 2 N–H and O–H groups in total. The van der Waals surface area contributed by atoms with E-state index in [4.69, 9.17) is 11.3 Å². The molecule has 2 unspecified atom stereocenters. The molecule has 4 nitrogen and oxygen atoms in total. The van der Waals surface area contributed by atoms with Crippen LogP contribution in [0, 0.1) is 12.4 Å². The van der Waals surface area contributed by atoms with Crippen LogP contribution in [0.25, 0.3) is 4.85 Å². The Morgan fingerprint density at radius 1 is 1.24 bits per heavy atom. The standard InChI is InChI=1S/C18H12F3NO3/c1-22-10-4-9(19)5-11(6-10)25-15-3-2-12-14(23)8-17(24)16(12)13(15)7-18(17,20)21/h2-6,14,23-24H,7-8H2. The SMILES string of the molecule is [C-]#[N+]c1cc(F)cc(Oc2ccc3c4c2CC(F)(F)C4(O)CC3O)c1. The molecule has 0 aliphatic heterocycles. The fourth-order valence-corrected chi connectivity index (χ4v) is 3.67. The van der Waals surface area contributed by atoms with E-state index in [1.165, 1.54) is 18.2 Å². The molecule has 2 aromatic rings. The van der Waals surface area contributed by atoms with E-state index in [-0.39, 0.29) is 33.9 Å². The summed E-state index contributed by atoms with van der Waals surface area (Å²) in [4.78, 5) is 3.12. The van der Waals surface area contributed by atoms with Crippen LogP contribution in [0.2, 0.25) is 0 Å². The van der Waals surface area contributed by atoms with Gasteiger partial charge < -0.3 is 14.9 Å². The number of aliphatic hydroxyl groups excluding tert-OH is 1. The molecular weight excluding hydrogens is 335 g/mol. The average molecular weight is 347 g/mol. The lowest BCUT2D eigenvalue weighted by Crippen LogP contribution is -2.40. The van der Waals surface area contributed by atoms with Crippen molar-refractivity contribution in [2.24, 2.45) is 0 Å². The molecule has 0 bridgehead atoms. The topological polar surface area (TPSA) is 54.0 Å². The third-order valence-corrected chi connectivity index (χ3v) is 4.78. The number of aliphatic hydroxyl groups is 2. The molecule has 0 amide bonds. The molecule has 2 aliphatic carbocycles. The minimum Gasteiger partial charge on any atom is -0.458 e.